The van der Waals surface area contributed by atoms with Gasteiger partial charge in [-0.3, -0.25) is 4.79 Å². The summed E-state index contributed by atoms with van der Waals surface area (Å²) >= 11 is 0. The molecule has 0 saturated heterocycles. The minimum Gasteiger partial charge on any atom is -0.452 e. The predicted octanol–water partition coefficient (Wildman–Crippen LogP) is 1.76. The molecular formula is C7H10F2O2. The zero-order valence-corrected chi connectivity index (χ0v) is 6.43. The highest BCUT2D eigenvalue weighted by atomic mass is 19.3. The van der Waals surface area contributed by atoms with Gasteiger partial charge in [0.15, 0.2) is 6.10 Å². The molecule has 0 radical (unpaired) electrons. The summed E-state index contributed by atoms with van der Waals surface area (Å²) in [5.74, 6) is -3.80. The molecule has 0 rings (SSSR count). The van der Waals surface area contributed by atoms with Gasteiger partial charge in [-0.25, -0.2) is 8.78 Å². The minimum atomic E-state index is -3.06. The Balaban J connectivity index is 4.18. The van der Waals surface area contributed by atoms with Crippen molar-refractivity contribution in [3.8, 4) is 0 Å². The van der Waals surface area contributed by atoms with Crippen molar-refractivity contribution in [2.24, 2.45) is 0 Å². The number of halogens is 2. The summed E-state index contributed by atoms with van der Waals surface area (Å²) in [5, 5.41) is 0. The van der Waals surface area contributed by atoms with E-state index in [1.54, 1.807) is 0 Å². The average Bonchev–Trinajstić information content (AvgIpc) is 1.79. The lowest BCUT2D eigenvalue weighted by atomic mass is 10.2. The summed E-state index contributed by atoms with van der Waals surface area (Å²) in [4.78, 5) is 10.3. The smallest absolute Gasteiger partial charge is 0.303 e. The zero-order valence-electron chi connectivity index (χ0n) is 6.43. The van der Waals surface area contributed by atoms with E-state index >= 15 is 0 Å². The number of ether oxygens (including phenoxy) is 1. The summed E-state index contributed by atoms with van der Waals surface area (Å²) in [6.45, 7) is 4.86. The second-order valence-corrected chi connectivity index (χ2v) is 2.22. The molecule has 1 atom stereocenters. The molecule has 0 aromatic heterocycles. The van der Waals surface area contributed by atoms with Gasteiger partial charge in [0.25, 0.3) is 5.92 Å². The van der Waals surface area contributed by atoms with Crippen LogP contribution in [0.5, 0.6) is 0 Å². The van der Waals surface area contributed by atoms with Crippen LogP contribution in [0.2, 0.25) is 0 Å². The molecule has 4 heteroatoms. The van der Waals surface area contributed by atoms with Crippen molar-refractivity contribution in [3.63, 3.8) is 0 Å². The van der Waals surface area contributed by atoms with E-state index in [0.29, 0.717) is 6.92 Å². The Bertz CT molecular complexity index is 160. The SMILES string of the molecule is C=CC(OC(C)=O)C(C)(F)F. The average molecular weight is 164 g/mol. The first-order valence-corrected chi connectivity index (χ1v) is 3.05. The Kier molecular flexibility index (Phi) is 3.17. The first kappa shape index (κ1) is 10.1. The molecular weight excluding hydrogens is 154 g/mol. The molecule has 64 valence electrons. The van der Waals surface area contributed by atoms with Crippen molar-refractivity contribution in [3.05, 3.63) is 12.7 Å². The van der Waals surface area contributed by atoms with Crippen LogP contribution in [0.25, 0.3) is 0 Å². The van der Waals surface area contributed by atoms with E-state index < -0.39 is 18.0 Å². The van der Waals surface area contributed by atoms with Gasteiger partial charge in [0.05, 0.1) is 0 Å². The number of carbonyl (C=O) groups excluding carboxylic acids is 1. The molecule has 0 heterocycles. The number of rotatable bonds is 3. The van der Waals surface area contributed by atoms with Crippen molar-refractivity contribution in [1.29, 1.82) is 0 Å². The zero-order chi connectivity index (χ0) is 9.07. The van der Waals surface area contributed by atoms with E-state index in [0.717, 1.165) is 13.0 Å². The van der Waals surface area contributed by atoms with Crippen LogP contribution >= 0.6 is 0 Å². The maximum absolute atomic E-state index is 12.4. The summed E-state index contributed by atoms with van der Waals surface area (Å²) in [5.41, 5.74) is 0. The van der Waals surface area contributed by atoms with Gasteiger partial charge in [-0.1, -0.05) is 6.58 Å². The van der Waals surface area contributed by atoms with Gasteiger partial charge in [0.1, 0.15) is 0 Å². The maximum Gasteiger partial charge on any atom is 0.303 e. The highest BCUT2D eigenvalue weighted by Crippen LogP contribution is 2.20. The van der Waals surface area contributed by atoms with Crippen molar-refractivity contribution in [2.75, 3.05) is 0 Å². The van der Waals surface area contributed by atoms with Crippen LogP contribution in [0.15, 0.2) is 12.7 Å². The first-order chi connectivity index (χ1) is 4.88. The molecule has 0 amide bonds. The molecule has 0 saturated carbocycles. The highest BCUT2D eigenvalue weighted by molar-refractivity contribution is 5.66. The fraction of sp³-hybridized carbons (Fsp3) is 0.571. The van der Waals surface area contributed by atoms with Gasteiger partial charge in [-0.15, -0.1) is 0 Å². The topological polar surface area (TPSA) is 26.3 Å². The first-order valence-electron chi connectivity index (χ1n) is 3.05. The van der Waals surface area contributed by atoms with E-state index in [1.807, 2.05) is 0 Å². The van der Waals surface area contributed by atoms with Crippen LogP contribution in [-0.2, 0) is 9.53 Å². The van der Waals surface area contributed by atoms with Gasteiger partial charge in [0, 0.05) is 13.8 Å². The Morgan fingerprint density at radius 2 is 2.18 bits per heavy atom. The van der Waals surface area contributed by atoms with E-state index in [-0.39, 0.29) is 0 Å². The normalized spacial score (nSPS) is 13.8. The molecule has 0 aromatic carbocycles. The van der Waals surface area contributed by atoms with E-state index in [9.17, 15) is 13.6 Å². The van der Waals surface area contributed by atoms with E-state index in [1.165, 1.54) is 0 Å². The Morgan fingerprint density at radius 3 is 2.27 bits per heavy atom. The van der Waals surface area contributed by atoms with Crippen LogP contribution in [0.1, 0.15) is 13.8 Å². The van der Waals surface area contributed by atoms with Gasteiger partial charge in [0.2, 0.25) is 0 Å². The minimum absolute atomic E-state index is 0.669. The van der Waals surface area contributed by atoms with Gasteiger partial charge in [-0.2, -0.15) is 0 Å². The summed E-state index contributed by atoms with van der Waals surface area (Å²) in [6.07, 6.45) is -0.624. The Hall–Kier alpha value is -0.930. The molecule has 11 heavy (non-hydrogen) atoms. The van der Waals surface area contributed by atoms with Gasteiger partial charge in [-0.05, 0) is 6.08 Å². The van der Waals surface area contributed by atoms with Crippen LogP contribution in [0.4, 0.5) is 8.78 Å². The molecule has 2 nitrogen and oxygen atoms in total. The summed E-state index contributed by atoms with van der Waals surface area (Å²) in [6, 6.07) is 0. The molecule has 1 unspecified atom stereocenters. The quantitative estimate of drug-likeness (QED) is 0.469. The van der Waals surface area contributed by atoms with Gasteiger partial charge < -0.3 is 4.74 Å². The second kappa shape index (κ2) is 3.46. The van der Waals surface area contributed by atoms with Crippen LogP contribution in [0, 0.1) is 0 Å². The van der Waals surface area contributed by atoms with Crippen molar-refractivity contribution in [1.82, 2.24) is 0 Å². The standard InChI is InChI=1S/C7H10F2O2/c1-4-6(7(3,8)9)11-5(2)10/h4,6H,1H2,2-3H3. The lowest BCUT2D eigenvalue weighted by Gasteiger charge is -2.19. The maximum atomic E-state index is 12.4. The van der Waals surface area contributed by atoms with Crippen molar-refractivity contribution < 1.29 is 18.3 Å². The van der Waals surface area contributed by atoms with Crippen LogP contribution in [0.3, 0.4) is 0 Å². The predicted molar refractivity (Wildman–Crippen MR) is 36.4 cm³/mol. The number of hydrogen-bond acceptors (Lipinski definition) is 2. The molecule has 0 aliphatic carbocycles. The van der Waals surface area contributed by atoms with E-state index in [4.69, 9.17) is 0 Å². The van der Waals surface area contributed by atoms with Crippen molar-refractivity contribution in [2.45, 2.75) is 25.9 Å². The third-order valence-corrected chi connectivity index (χ3v) is 1.01. The number of carbonyl (C=O) groups is 1. The molecule has 0 fully saturated rings. The fourth-order valence-electron chi connectivity index (χ4n) is 0.537. The summed E-state index contributed by atoms with van der Waals surface area (Å²) < 4.78 is 29.1. The Morgan fingerprint density at radius 1 is 1.73 bits per heavy atom. The van der Waals surface area contributed by atoms with Crippen LogP contribution in [-0.4, -0.2) is 18.0 Å². The third-order valence-electron chi connectivity index (χ3n) is 1.01. The molecule has 0 bridgehead atoms. The molecule has 0 aliphatic rings. The van der Waals surface area contributed by atoms with Crippen LogP contribution < -0.4 is 0 Å². The molecule has 0 aliphatic heterocycles. The number of hydrogen-bond donors (Lipinski definition) is 0. The molecule has 0 aromatic rings. The Labute approximate surface area is 63.8 Å². The number of alkyl halides is 2. The number of esters is 1. The third kappa shape index (κ3) is 3.70. The van der Waals surface area contributed by atoms with Gasteiger partial charge >= 0.3 is 5.97 Å². The lowest BCUT2D eigenvalue weighted by Crippen LogP contribution is -2.32. The molecule has 0 N–H and O–H groups in total. The monoisotopic (exact) mass is 164 g/mol. The second-order valence-electron chi connectivity index (χ2n) is 2.22. The molecule has 0 spiro atoms. The lowest BCUT2D eigenvalue weighted by molar-refractivity contribution is -0.160. The highest BCUT2D eigenvalue weighted by Gasteiger charge is 2.34. The van der Waals surface area contributed by atoms with Crippen molar-refractivity contribution >= 4 is 5.97 Å². The fourth-order valence-corrected chi connectivity index (χ4v) is 0.537. The van der Waals surface area contributed by atoms with E-state index in [2.05, 4.69) is 11.3 Å². The summed E-state index contributed by atoms with van der Waals surface area (Å²) in [7, 11) is 0. The largest absolute Gasteiger partial charge is 0.452 e.